The maximum atomic E-state index is 13.5. The number of hydrazine groups is 2. The number of rotatable bonds is 2. The van der Waals surface area contributed by atoms with Gasteiger partial charge in [0.2, 0.25) is 35.4 Å². The molecule has 0 radical (unpaired) electrons. The molecule has 360 valence electrons. The molecule has 26 heteroatoms. The van der Waals surface area contributed by atoms with Crippen LogP contribution in [0.4, 0.5) is 0 Å². The van der Waals surface area contributed by atoms with Gasteiger partial charge in [0.25, 0.3) is 11.8 Å². The van der Waals surface area contributed by atoms with Crippen LogP contribution in [-0.4, -0.2) is 227 Å². The zero-order valence-electron chi connectivity index (χ0n) is 37.6. The standard InChI is InChI=1S/C38H64N12O14/c1-37(2,61)29-35(59)63-19-21(39)33(57)49-23(11-9-13-43-49)31(55)42-16-26(52)46(6)18-28(54)48(8)30(38(3,4)62)36(60)64-20-22(40)34(58)50-24(12-10-14-44-50)32(56)41-15-25(51)45(5)17-27(53)47(29)7/h21-24,29-30,43-44,61-62H,9-20,39-40H2,1-8H3,(H,41,56)(H,42,55)/t21-,22-,23+,24+,29-,30-/m1/s1. The van der Waals surface area contributed by atoms with E-state index in [1.165, 1.54) is 55.9 Å². The van der Waals surface area contributed by atoms with Crippen molar-refractivity contribution < 1.29 is 67.6 Å². The summed E-state index contributed by atoms with van der Waals surface area (Å²) >= 11 is 0. The van der Waals surface area contributed by atoms with E-state index in [2.05, 4.69) is 21.5 Å². The van der Waals surface area contributed by atoms with Crippen LogP contribution < -0.4 is 33.0 Å². The van der Waals surface area contributed by atoms with Crippen LogP contribution in [0.25, 0.3) is 0 Å². The molecule has 0 aromatic heterocycles. The van der Waals surface area contributed by atoms with Crippen molar-refractivity contribution in [2.45, 2.75) is 101 Å². The van der Waals surface area contributed by atoms with Gasteiger partial charge < -0.3 is 61.4 Å². The number of hydrogen-bond donors (Lipinski definition) is 8. The number of fused-ring (bicyclic) bond motifs is 2. The van der Waals surface area contributed by atoms with Crippen molar-refractivity contribution in [3.8, 4) is 0 Å². The number of cyclic esters (lactones) is 2. The van der Waals surface area contributed by atoms with E-state index >= 15 is 0 Å². The SMILES string of the molecule is CN1CC(=O)N(C)[C@@H](C(C)(C)O)C(=O)OC[C@@H](N)C(=O)N2NCCC[C@H]2C(=O)NCC(=O)N(C)CC(=O)N(C)[C@@H](C(C)(C)O)C(=O)OC[C@@H](N)C(=O)N2NCCC[C@H]2C(=O)NCC1=O. The molecule has 3 rings (SSSR count). The summed E-state index contributed by atoms with van der Waals surface area (Å²) in [6.45, 7) is 1.44. The Morgan fingerprint density at radius 1 is 0.562 bits per heavy atom. The van der Waals surface area contributed by atoms with Gasteiger partial charge in [0.15, 0.2) is 12.1 Å². The predicted molar refractivity (Wildman–Crippen MR) is 221 cm³/mol. The number of nitrogens with zero attached hydrogens (tertiary/aromatic N) is 6. The van der Waals surface area contributed by atoms with Gasteiger partial charge in [0.05, 0.1) is 37.4 Å². The second kappa shape index (κ2) is 22.4. The van der Waals surface area contributed by atoms with Gasteiger partial charge in [-0.2, -0.15) is 0 Å². The number of aliphatic hydroxyl groups is 2. The van der Waals surface area contributed by atoms with E-state index in [9.17, 15) is 58.2 Å². The molecular formula is C38H64N12O14. The minimum absolute atomic E-state index is 0.143. The summed E-state index contributed by atoms with van der Waals surface area (Å²) in [7, 11) is 4.87. The molecule has 0 aromatic carbocycles. The Labute approximate surface area is 370 Å². The van der Waals surface area contributed by atoms with Crippen molar-refractivity contribution in [3.63, 3.8) is 0 Å². The van der Waals surface area contributed by atoms with Gasteiger partial charge >= 0.3 is 11.9 Å². The Morgan fingerprint density at radius 2 is 0.891 bits per heavy atom. The third-order valence-corrected chi connectivity index (χ3v) is 10.8. The van der Waals surface area contributed by atoms with Crippen LogP contribution in [0, 0.1) is 0 Å². The number of nitrogens with one attached hydrogen (secondary N) is 4. The van der Waals surface area contributed by atoms with Crippen molar-refractivity contribution in [3.05, 3.63) is 0 Å². The fraction of sp³-hybridized carbons (Fsp3) is 0.737. The first-order valence-electron chi connectivity index (χ1n) is 20.7. The molecule has 10 N–H and O–H groups in total. The topological polar surface area (TPSA) is 349 Å². The molecule has 0 aliphatic carbocycles. The molecule has 3 saturated heterocycles. The highest BCUT2D eigenvalue weighted by molar-refractivity contribution is 5.95. The average molecular weight is 913 g/mol. The summed E-state index contributed by atoms with van der Waals surface area (Å²) in [5.41, 5.74) is 13.9. The molecule has 0 saturated carbocycles. The van der Waals surface area contributed by atoms with Crippen LogP contribution >= 0.6 is 0 Å². The molecule has 3 heterocycles. The number of carbonyl (C=O) groups is 10. The van der Waals surface area contributed by atoms with Crippen molar-refractivity contribution in [1.82, 2.24) is 51.1 Å². The number of likely N-dealkylation sites (N-methyl/N-ethyl adjacent to an activating group) is 4. The van der Waals surface area contributed by atoms with E-state index < -0.39 is 146 Å². The fourth-order valence-corrected chi connectivity index (χ4v) is 7.19. The lowest BCUT2D eigenvalue weighted by Crippen LogP contribution is -2.63. The smallest absolute Gasteiger partial charge is 0.331 e. The maximum Gasteiger partial charge on any atom is 0.331 e. The monoisotopic (exact) mass is 912 g/mol. The second-order valence-corrected chi connectivity index (χ2v) is 17.1. The van der Waals surface area contributed by atoms with Gasteiger partial charge in [0, 0.05) is 41.3 Å². The molecule has 26 nitrogen and oxygen atoms in total. The number of amides is 8. The molecule has 6 atom stereocenters. The Kier molecular flexibility index (Phi) is 18.5. The summed E-state index contributed by atoms with van der Waals surface area (Å²) in [5, 5.41) is 28.6. The van der Waals surface area contributed by atoms with Crippen LogP contribution in [0.2, 0.25) is 0 Å². The Balaban J connectivity index is 1.91. The average Bonchev–Trinajstić information content (AvgIpc) is 3.23. The molecule has 0 spiro atoms. The summed E-state index contributed by atoms with van der Waals surface area (Å²) in [5.74, 6) is -8.72. The first kappa shape index (κ1) is 52.8. The van der Waals surface area contributed by atoms with Crippen molar-refractivity contribution >= 4 is 59.2 Å². The van der Waals surface area contributed by atoms with E-state index in [0.717, 1.165) is 29.6 Å². The predicted octanol–water partition coefficient (Wildman–Crippen LogP) is -6.92. The van der Waals surface area contributed by atoms with Crippen LogP contribution in [0.5, 0.6) is 0 Å². The third-order valence-electron chi connectivity index (χ3n) is 10.8. The second-order valence-electron chi connectivity index (χ2n) is 17.1. The van der Waals surface area contributed by atoms with Gasteiger partial charge in [-0.3, -0.25) is 48.4 Å². The number of carbonyl (C=O) groups excluding carboxylic acids is 10. The zero-order valence-corrected chi connectivity index (χ0v) is 37.6. The molecule has 64 heavy (non-hydrogen) atoms. The normalized spacial score (nSPS) is 27.8. The maximum absolute atomic E-state index is 13.5. The highest BCUT2D eigenvalue weighted by Crippen LogP contribution is 2.20. The van der Waals surface area contributed by atoms with Crippen LogP contribution in [0.1, 0.15) is 53.4 Å². The molecular weight excluding hydrogens is 848 g/mol. The molecule has 0 unspecified atom stereocenters. The first-order chi connectivity index (χ1) is 29.7. The van der Waals surface area contributed by atoms with Crippen molar-refractivity contribution in [2.24, 2.45) is 11.5 Å². The molecule has 3 fully saturated rings. The highest BCUT2D eigenvalue weighted by Gasteiger charge is 2.44. The number of nitrogens with two attached hydrogens (primary N) is 2. The zero-order chi connectivity index (χ0) is 48.4. The molecule has 0 bridgehead atoms. The first-order valence-corrected chi connectivity index (χ1v) is 20.7. The molecule has 3 aliphatic heterocycles. The summed E-state index contributed by atoms with van der Waals surface area (Å²) in [6.07, 6.45) is 1.16. The van der Waals surface area contributed by atoms with E-state index in [4.69, 9.17) is 20.9 Å². The van der Waals surface area contributed by atoms with Gasteiger partial charge in [-0.25, -0.2) is 20.4 Å². The lowest BCUT2D eigenvalue weighted by atomic mass is 9.97. The van der Waals surface area contributed by atoms with E-state index in [-0.39, 0.29) is 25.9 Å². The number of esters is 2. The van der Waals surface area contributed by atoms with Crippen molar-refractivity contribution in [1.29, 1.82) is 0 Å². The highest BCUT2D eigenvalue weighted by atomic mass is 16.5. The summed E-state index contributed by atoms with van der Waals surface area (Å²) < 4.78 is 10.6. The summed E-state index contributed by atoms with van der Waals surface area (Å²) in [4.78, 5) is 137. The Morgan fingerprint density at radius 3 is 1.20 bits per heavy atom. The molecule has 0 aromatic rings. The van der Waals surface area contributed by atoms with E-state index in [1.54, 1.807) is 0 Å². The van der Waals surface area contributed by atoms with Gasteiger partial charge in [-0.05, 0) is 53.4 Å². The van der Waals surface area contributed by atoms with Gasteiger partial charge in [0.1, 0.15) is 37.4 Å². The number of ether oxygens (including phenoxy) is 2. The lowest BCUT2D eigenvalue weighted by Gasteiger charge is -2.37. The Bertz CT molecular complexity index is 1660. The Hall–Kier alpha value is -5.54. The van der Waals surface area contributed by atoms with Gasteiger partial charge in [-0.1, -0.05) is 0 Å². The van der Waals surface area contributed by atoms with Gasteiger partial charge in [-0.15, -0.1) is 0 Å². The van der Waals surface area contributed by atoms with Crippen LogP contribution in [0.15, 0.2) is 0 Å². The molecule has 3 aliphatic rings. The minimum Gasteiger partial charge on any atom is -0.462 e. The lowest BCUT2D eigenvalue weighted by molar-refractivity contribution is -0.166. The van der Waals surface area contributed by atoms with Crippen LogP contribution in [0.3, 0.4) is 0 Å². The number of hydrogen-bond acceptors (Lipinski definition) is 18. The minimum atomic E-state index is -1.92. The fourth-order valence-electron chi connectivity index (χ4n) is 7.19. The third kappa shape index (κ3) is 13.7. The summed E-state index contributed by atoms with van der Waals surface area (Å²) in [6, 6.07) is -8.79. The van der Waals surface area contributed by atoms with Crippen LogP contribution in [-0.2, 0) is 57.4 Å². The van der Waals surface area contributed by atoms with E-state index in [1.807, 2.05) is 0 Å². The largest absolute Gasteiger partial charge is 0.462 e. The van der Waals surface area contributed by atoms with Crippen molar-refractivity contribution in [2.75, 3.05) is 80.7 Å². The quantitative estimate of drug-likeness (QED) is 0.119. The van der Waals surface area contributed by atoms with E-state index in [0.29, 0.717) is 12.8 Å². The molecule has 8 amide bonds.